The summed E-state index contributed by atoms with van der Waals surface area (Å²) in [5.74, 6) is 0. The average molecular weight is 247 g/mol. The number of non-ortho nitro benzene ring substituents is 1. The van der Waals surface area contributed by atoms with Crippen molar-refractivity contribution in [2.24, 2.45) is 0 Å². The molecule has 2 aromatic heterocycles. The molecule has 1 aromatic carbocycles. The van der Waals surface area contributed by atoms with Crippen LogP contribution in [0.5, 0.6) is 0 Å². The van der Waals surface area contributed by atoms with Crippen LogP contribution in [0.15, 0.2) is 29.3 Å². The molecule has 0 radical (unpaired) electrons. The van der Waals surface area contributed by atoms with E-state index in [9.17, 15) is 14.9 Å². The third kappa shape index (κ3) is 1.40. The highest BCUT2D eigenvalue weighted by Crippen LogP contribution is 2.32. The van der Waals surface area contributed by atoms with Crippen LogP contribution in [-0.2, 0) is 0 Å². The normalized spacial score (nSPS) is 11.1. The first-order valence-electron chi connectivity index (χ1n) is 4.71. The molecule has 1 N–H and O–H groups in total. The molecular formula is C10H5N3O3S. The zero-order valence-corrected chi connectivity index (χ0v) is 9.15. The third-order valence-corrected chi connectivity index (χ3v) is 3.61. The molecule has 0 saturated heterocycles. The largest absolute Gasteiger partial charge is 0.312 e. The van der Waals surface area contributed by atoms with Gasteiger partial charge in [0.1, 0.15) is 4.70 Å². The Balaban J connectivity index is 2.50. The van der Waals surface area contributed by atoms with Gasteiger partial charge in [-0.1, -0.05) is 0 Å². The van der Waals surface area contributed by atoms with Gasteiger partial charge in [0, 0.05) is 22.2 Å². The molecule has 0 atom stereocenters. The Morgan fingerprint density at radius 1 is 1.41 bits per heavy atom. The fourth-order valence-electron chi connectivity index (χ4n) is 1.69. The number of nitro groups is 1. The summed E-state index contributed by atoms with van der Waals surface area (Å²) in [4.78, 5) is 28.3. The van der Waals surface area contributed by atoms with Gasteiger partial charge >= 0.3 is 0 Å². The molecule has 0 unspecified atom stereocenters. The summed E-state index contributed by atoms with van der Waals surface area (Å²) in [6, 6.07) is 4.51. The molecule has 84 valence electrons. The highest BCUT2D eigenvalue weighted by atomic mass is 32.1. The van der Waals surface area contributed by atoms with Crippen molar-refractivity contribution in [2.45, 2.75) is 0 Å². The lowest BCUT2D eigenvalue weighted by Crippen LogP contribution is -2.03. The van der Waals surface area contributed by atoms with Gasteiger partial charge in [0.15, 0.2) is 0 Å². The fraction of sp³-hybridized carbons (Fsp3) is 0. The average Bonchev–Trinajstić information content (AvgIpc) is 2.68. The van der Waals surface area contributed by atoms with Gasteiger partial charge in [0.25, 0.3) is 11.2 Å². The van der Waals surface area contributed by atoms with E-state index in [4.69, 9.17) is 0 Å². The van der Waals surface area contributed by atoms with Crippen molar-refractivity contribution in [3.8, 4) is 0 Å². The number of aromatic nitrogens is 2. The number of hydrogen-bond acceptors (Lipinski definition) is 5. The molecule has 0 spiro atoms. The second-order valence-corrected chi connectivity index (χ2v) is 4.50. The number of rotatable bonds is 1. The van der Waals surface area contributed by atoms with E-state index in [2.05, 4.69) is 9.97 Å². The van der Waals surface area contributed by atoms with Gasteiger partial charge < -0.3 is 4.98 Å². The maximum Gasteiger partial charge on any atom is 0.270 e. The molecular weight excluding hydrogens is 242 g/mol. The van der Waals surface area contributed by atoms with Crippen molar-refractivity contribution in [1.82, 2.24) is 9.97 Å². The zero-order chi connectivity index (χ0) is 12.0. The van der Waals surface area contributed by atoms with Gasteiger partial charge in [0.2, 0.25) is 0 Å². The van der Waals surface area contributed by atoms with Crippen molar-refractivity contribution >= 4 is 37.3 Å². The molecule has 0 saturated carbocycles. The molecule has 3 aromatic rings. The third-order valence-electron chi connectivity index (χ3n) is 2.45. The molecule has 3 rings (SSSR count). The Morgan fingerprint density at radius 2 is 2.24 bits per heavy atom. The maximum atomic E-state index is 11.5. The summed E-state index contributed by atoms with van der Waals surface area (Å²) in [6.45, 7) is 0. The number of nitrogens with zero attached hydrogens (tertiary/aromatic N) is 2. The Bertz CT molecular complexity index is 805. The minimum atomic E-state index is -0.462. The van der Waals surface area contributed by atoms with Crippen molar-refractivity contribution < 1.29 is 4.92 Å². The first kappa shape index (κ1) is 9.91. The van der Waals surface area contributed by atoms with Gasteiger partial charge in [-0.05, 0) is 6.07 Å². The van der Waals surface area contributed by atoms with Crippen LogP contribution in [0, 0.1) is 10.1 Å². The van der Waals surface area contributed by atoms with Crippen molar-refractivity contribution in [2.75, 3.05) is 0 Å². The van der Waals surface area contributed by atoms with E-state index in [1.165, 1.54) is 29.8 Å². The lowest BCUT2D eigenvalue weighted by Gasteiger charge is -1.91. The minimum absolute atomic E-state index is 0.000665. The predicted molar refractivity (Wildman–Crippen MR) is 64.4 cm³/mol. The molecule has 7 heteroatoms. The van der Waals surface area contributed by atoms with Crippen LogP contribution in [0.4, 0.5) is 5.69 Å². The van der Waals surface area contributed by atoms with Gasteiger partial charge in [-0.3, -0.25) is 14.9 Å². The molecule has 0 aliphatic carbocycles. The van der Waals surface area contributed by atoms with Crippen molar-refractivity contribution in [3.05, 3.63) is 45.0 Å². The van der Waals surface area contributed by atoms with E-state index in [1.54, 1.807) is 6.07 Å². The highest BCUT2D eigenvalue weighted by molar-refractivity contribution is 7.25. The number of H-pyrrole nitrogens is 1. The number of nitrogens with one attached hydrogen (secondary N) is 1. The molecule has 2 heterocycles. The number of aromatic amines is 1. The van der Waals surface area contributed by atoms with Crippen LogP contribution in [0.25, 0.3) is 20.3 Å². The van der Waals surface area contributed by atoms with Gasteiger partial charge in [0.05, 0.1) is 16.8 Å². The molecule has 6 nitrogen and oxygen atoms in total. The van der Waals surface area contributed by atoms with Gasteiger partial charge in [-0.15, -0.1) is 11.3 Å². The summed E-state index contributed by atoms with van der Waals surface area (Å²) in [6.07, 6.45) is 1.30. The van der Waals surface area contributed by atoms with Crippen LogP contribution in [0.2, 0.25) is 0 Å². The Kier molecular flexibility index (Phi) is 1.96. The van der Waals surface area contributed by atoms with Crippen molar-refractivity contribution in [3.63, 3.8) is 0 Å². The van der Waals surface area contributed by atoms with Crippen LogP contribution in [0.3, 0.4) is 0 Å². The number of nitro benzene ring substituents is 1. The molecule has 0 amide bonds. The summed E-state index contributed by atoms with van der Waals surface area (Å²) in [5, 5.41) is 11.3. The molecule has 0 bridgehead atoms. The maximum absolute atomic E-state index is 11.5. The Morgan fingerprint density at radius 3 is 3.00 bits per heavy atom. The number of fused-ring (bicyclic) bond motifs is 3. The number of thiophene rings is 1. The van der Waals surface area contributed by atoms with E-state index in [0.717, 1.165) is 4.70 Å². The van der Waals surface area contributed by atoms with Crippen LogP contribution in [0.1, 0.15) is 0 Å². The lowest BCUT2D eigenvalue weighted by molar-refractivity contribution is -0.384. The van der Waals surface area contributed by atoms with Crippen molar-refractivity contribution in [1.29, 1.82) is 0 Å². The summed E-state index contributed by atoms with van der Waals surface area (Å²) in [5.41, 5.74) is 0.288. The van der Waals surface area contributed by atoms with Crippen LogP contribution < -0.4 is 5.56 Å². The molecule has 0 aliphatic heterocycles. The predicted octanol–water partition coefficient (Wildman–Crippen LogP) is 2.05. The van der Waals surface area contributed by atoms with E-state index in [1.807, 2.05) is 0 Å². The second kappa shape index (κ2) is 3.36. The topological polar surface area (TPSA) is 88.9 Å². The summed E-state index contributed by atoms with van der Waals surface area (Å²) >= 11 is 1.28. The van der Waals surface area contributed by atoms with Crippen LogP contribution >= 0.6 is 11.3 Å². The van der Waals surface area contributed by atoms with E-state index < -0.39 is 4.92 Å². The second-order valence-electron chi connectivity index (χ2n) is 3.45. The SMILES string of the molecule is O=c1[nH]cnc2c1sc1ccc([N+](=O)[O-])cc12. The molecule has 0 aliphatic rings. The number of benzene rings is 1. The van der Waals surface area contributed by atoms with Gasteiger partial charge in [-0.2, -0.15) is 0 Å². The quantitative estimate of drug-likeness (QED) is 0.526. The first-order chi connectivity index (χ1) is 8.16. The van der Waals surface area contributed by atoms with E-state index in [0.29, 0.717) is 15.6 Å². The van der Waals surface area contributed by atoms with E-state index >= 15 is 0 Å². The molecule has 0 fully saturated rings. The Hall–Kier alpha value is -2.28. The van der Waals surface area contributed by atoms with Gasteiger partial charge in [-0.25, -0.2) is 4.98 Å². The summed E-state index contributed by atoms with van der Waals surface area (Å²) in [7, 11) is 0. The standard InChI is InChI=1S/C10H5N3O3S/c14-10-9-8(11-4-12-10)6-3-5(13(15)16)1-2-7(6)17-9/h1-4H,(H,11,12,14). The molecule has 17 heavy (non-hydrogen) atoms. The Labute approximate surface area is 97.7 Å². The highest BCUT2D eigenvalue weighted by Gasteiger charge is 2.13. The van der Waals surface area contributed by atoms with E-state index in [-0.39, 0.29) is 11.2 Å². The zero-order valence-electron chi connectivity index (χ0n) is 8.34. The smallest absolute Gasteiger partial charge is 0.270 e. The minimum Gasteiger partial charge on any atom is -0.312 e. The lowest BCUT2D eigenvalue weighted by atomic mass is 10.2. The summed E-state index contributed by atoms with van der Waals surface area (Å²) < 4.78 is 1.30. The first-order valence-corrected chi connectivity index (χ1v) is 5.53. The monoisotopic (exact) mass is 247 g/mol. The number of hydrogen-bond donors (Lipinski definition) is 1. The van der Waals surface area contributed by atoms with Crippen LogP contribution in [-0.4, -0.2) is 14.9 Å². The fourth-order valence-corrected chi connectivity index (χ4v) is 2.72.